The molecule has 0 unspecified atom stereocenters. The van der Waals surface area contributed by atoms with Crippen LogP contribution in [0.15, 0.2) is 28.3 Å². The zero-order valence-electron chi connectivity index (χ0n) is 14.4. The van der Waals surface area contributed by atoms with Crippen LogP contribution in [0.5, 0.6) is 5.75 Å². The fourth-order valence-electron chi connectivity index (χ4n) is 3.27. The number of thioether (sulfide) groups is 1. The lowest BCUT2D eigenvalue weighted by Gasteiger charge is -2.15. The molecule has 25 heavy (non-hydrogen) atoms. The van der Waals surface area contributed by atoms with Gasteiger partial charge in [0.05, 0.1) is 0 Å². The minimum atomic E-state index is 0.193. The molecule has 0 radical (unpaired) electrons. The fraction of sp³-hybridized carbons (Fsp3) is 0.500. The molecule has 0 amide bonds. The number of phenols is 1. The van der Waals surface area contributed by atoms with E-state index in [-0.39, 0.29) is 5.75 Å². The summed E-state index contributed by atoms with van der Waals surface area (Å²) < 4.78 is 2.34. The maximum absolute atomic E-state index is 9.78. The normalized spacial score (nSPS) is 15.4. The summed E-state index contributed by atoms with van der Waals surface area (Å²) in [5.41, 5.74) is 0.645. The van der Waals surface area contributed by atoms with Crippen molar-refractivity contribution in [2.75, 3.05) is 12.8 Å². The average Bonchev–Trinajstić information content (AvgIpc) is 3.26. The number of halogens is 1. The SMILES string of the molecule is CSc1nnc(CCCN=Cc2cc(Cl)ccc2O)n1C1CCCC1. The number of aromatic hydroxyl groups is 1. The summed E-state index contributed by atoms with van der Waals surface area (Å²) in [6.07, 6.45) is 10.5. The number of rotatable bonds is 7. The van der Waals surface area contributed by atoms with Crippen LogP contribution in [0.1, 0.15) is 49.5 Å². The van der Waals surface area contributed by atoms with Crippen molar-refractivity contribution in [1.82, 2.24) is 14.8 Å². The van der Waals surface area contributed by atoms with Crippen molar-refractivity contribution in [1.29, 1.82) is 0 Å². The highest BCUT2D eigenvalue weighted by Crippen LogP contribution is 2.33. The van der Waals surface area contributed by atoms with Crippen molar-refractivity contribution in [2.45, 2.75) is 49.7 Å². The molecule has 1 aliphatic carbocycles. The molecule has 0 atom stereocenters. The Morgan fingerprint density at radius 3 is 2.92 bits per heavy atom. The molecule has 5 nitrogen and oxygen atoms in total. The van der Waals surface area contributed by atoms with Crippen LogP contribution in [0, 0.1) is 0 Å². The van der Waals surface area contributed by atoms with Gasteiger partial charge in [-0.1, -0.05) is 36.2 Å². The molecule has 1 heterocycles. The lowest BCUT2D eigenvalue weighted by molar-refractivity contribution is 0.461. The first kappa shape index (κ1) is 18.3. The molecule has 1 aliphatic rings. The fourth-order valence-corrected chi connectivity index (χ4v) is 4.02. The van der Waals surface area contributed by atoms with Crippen LogP contribution >= 0.6 is 23.4 Å². The second kappa shape index (κ2) is 8.72. The molecule has 3 rings (SSSR count). The van der Waals surface area contributed by atoms with Crippen molar-refractivity contribution in [2.24, 2.45) is 4.99 Å². The average molecular weight is 379 g/mol. The lowest BCUT2D eigenvalue weighted by Crippen LogP contribution is -2.11. The highest BCUT2D eigenvalue weighted by atomic mass is 35.5. The Kier molecular flexibility index (Phi) is 6.37. The van der Waals surface area contributed by atoms with Crippen LogP contribution in [0.4, 0.5) is 0 Å². The van der Waals surface area contributed by atoms with E-state index < -0.39 is 0 Å². The Balaban J connectivity index is 1.58. The quantitative estimate of drug-likeness (QED) is 0.437. The predicted octanol–water partition coefficient (Wildman–Crippen LogP) is 4.53. The van der Waals surface area contributed by atoms with Gasteiger partial charge in [-0.15, -0.1) is 10.2 Å². The van der Waals surface area contributed by atoms with Crippen molar-refractivity contribution in [3.05, 3.63) is 34.6 Å². The van der Waals surface area contributed by atoms with Crippen LogP contribution in [0.3, 0.4) is 0 Å². The predicted molar refractivity (Wildman–Crippen MR) is 103 cm³/mol. The van der Waals surface area contributed by atoms with Gasteiger partial charge in [0, 0.05) is 35.8 Å². The number of aryl methyl sites for hydroxylation is 1. The second-order valence-corrected chi connectivity index (χ2v) is 7.46. The first-order valence-corrected chi connectivity index (χ1v) is 10.3. The molecule has 134 valence electrons. The molecule has 2 aromatic rings. The van der Waals surface area contributed by atoms with E-state index in [1.807, 2.05) is 0 Å². The highest BCUT2D eigenvalue weighted by molar-refractivity contribution is 7.98. The molecule has 1 N–H and O–H groups in total. The van der Waals surface area contributed by atoms with Crippen molar-refractivity contribution < 1.29 is 5.11 Å². The topological polar surface area (TPSA) is 63.3 Å². The standard InChI is InChI=1S/C18H23ClN4OS/c1-25-18-22-21-17(23(18)15-5-2-3-6-15)7-4-10-20-12-13-11-14(19)8-9-16(13)24/h8-9,11-12,15,24H,2-7,10H2,1H3. The summed E-state index contributed by atoms with van der Waals surface area (Å²) >= 11 is 7.61. The first-order valence-electron chi connectivity index (χ1n) is 8.65. The molecule has 1 aromatic heterocycles. The summed E-state index contributed by atoms with van der Waals surface area (Å²) in [6, 6.07) is 5.51. The van der Waals surface area contributed by atoms with Gasteiger partial charge in [-0.2, -0.15) is 0 Å². The molecule has 0 bridgehead atoms. The highest BCUT2D eigenvalue weighted by Gasteiger charge is 2.23. The molecular weight excluding hydrogens is 356 g/mol. The molecule has 7 heteroatoms. The summed E-state index contributed by atoms with van der Waals surface area (Å²) in [7, 11) is 0. The summed E-state index contributed by atoms with van der Waals surface area (Å²) in [5.74, 6) is 1.26. The number of hydrogen-bond donors (Lipinski definition) is 1. The molecule has 1 aromatic carbocycles. The number of aliphatic imine (C=N–C) groups is 1. The van der Waals surface area contributed by atoms with E-state index >= 15 is 0 Å². The third kappa shape index (κ3) is 4.55. The van der Waals surface area contributed by atoms with Gasteiger partial charge >= 0.3 is 0 Å². The third-order valence-corrected chi connectivity index (χ3v) is 5.39. The van der Waals surface area contributed by atoms with Crippen LogP contribution in [0.2, 0.25) is 5.02 Å². The smallest absolute Gasteiger partial charge is 0.191 e. The van der Waals surface area contributed by atoms with E-state index in [4.69, 9.17) is 11.6 Å². The summed E-state index contributed by atoms with van der Waals surface area (Å²) in [5, 5.41) is 20.1. The second-order valence-electron chi connectivity index (χ2n) is 6.25. The molecule has 1 saturated carbocycles. The van der Waals surface area contributed by atoms with E-state index in [2.05, 4.69) is 26.0 Å². The summed E-state index contributed by atoms with van der Waals surface area (Å²) in [4.78, 5) is 4.41. The van der Waals surface area contributed by atoms with Gasteiger partial charge in [0.25, 0.3) is 0 Å². The monoisotopic (exact) mass is 378 g/mol. The molecule has 0 aliphatic heterocycles. The van der Waals surface area contributed by atoms with Gasteiger partial charge in [0.2, 0.25) is 0 Å². The van der Waals surface area contributed by atoms with Gasteiger partial charge in [0.15, 0.2) is 5.16 Å². The molecule has 0 spiro atoms. The number of hydrogen-bond acceptors (Lipinski definition) is 5. The zero-order chi connectivity index (χ0) is 17.6. The maximum Gasteiger partial charge on any atom is 0.191 e. The van der Waals surface area contributed by atoms with Gasteiger partial charge < -0.3 is 9.67 Å². The molecule has 1 fully saturated rings. The van der Waals surface area contributed by atoms with Crippen LogP contribution in [-0.4, -0.2) is 38.9 Å². The summed E-state index contributed by atoms with van der Waals surface area (Å²) in [6.45, 7) is 0.679. The minimum absolute atomic E-state index is 0.193. The zero-order valence-corrected chi connectivity index (χ0v) is 15.9. The molecular formula is C18H23ClN4OS. The lowest BCUT2D eigenvalue weighted by atomic mass is 10.2. The van der Waals surface area contributed by atoms with Crippen LogP contribution in [-0.2, 0) is 6.42 Å². The van der Waals surface area contributed by atoms with Crippen LogP contribution in [0.25, 0.3) is 0 Å². The number of nitrogens with zero attached hydrogens (tertiary/aromatic N) is 4. The van der Waals surface area contributed by atoms with Gasteiger partial charge in [-0.25, -0.2) is 0 Å². The van der Waals surface area contributed by atoms with Crippen molar-refractivity contribution in [3.63, 3.8) is 0 Å². The van der Waals surface area contributed by atoms with Crippen molar-refractivity contribution >= 4 is 29.6 Å². The number of benzene rings is 1. The number of aromatic nitrogens is 3. The first-order chi connectivity index (χ1) is 12.2. The number of phenolic OH excluding ortho intramolecular Hbond substituents is 1. The van der Waals surface area contributed by atoms with E-state index in [1.165, 1.54) is 25.7 Å². The Bertz CT molecular complexity index is 741. The van der Waals surface area contributed by atoms with Gasteiger partial charge in [-0.3, -0.25) is 4.99 Å². The Labute approximate surface area is 157 Å². The largest absolute Gasteiger partial charge is 0.507 e. The Morgan fingerprint density at radius 2 is 2.16 bits per heavy atom. The maximum atomic E-state index is 9.78. The van der Waals surface area contributed by atoms with E-state index in [1.54, 1.807) is 36.2 Å². The van der Waals surface area contributed by atoms with E-state index in [9.17, 15) is 5.11 Å². The van der Waals surface area contributed by atoms with Crippen LogP contribution < -0.4 is 0 Å². The minimum Gasteiger partial charge on any atom is -0.507 e. The van der Waals surface area contributed by atoms with Gasteiger partial charge in [0.1, 0.15) is 11.6 Å². The Morgan fingerprint density at radius 1 is 1.36 bits per heavy atom. The van der Waals surface area contributed by atoms with E-state index in [0.29, 0.717) is 23.2 Å². The molecule has 0 saturated heterocycles. The Hall–Kier alpha value is -1.53. The third-order valence-electron chi connectivity index (χ3n) is 4.52. The van der Waals surface area contributed by atoms with Crippen molar-refractivity contribution in [3.8, 4) is 5.75 Å². The van der Waals surface area contributed by atoms with Gasteiger partial charge in [-0.05, 0) is 43.7 Å². The van der Waals surface area contributed by atoms with E-state index in [0.717, 1.165) is 23.8 Å².